The third kappa shape index (κ3) is 3.63. The molecule has 0 aromatic heterocycles. The molecule has 2 unspecified atom stereocenters. The van der Waals surface area contributed by atoms with E-state index in [4.69, 9.17) is 4.74 Å². The molecule has 0 bridgehead atoms. The molecule has 19 heavy (non-hydrogen) atoms. The van der Waals surface area contributed by atoms with E-state index in [1.54, 1.807) is 0 Å². The monoisotopic (exact) mass is 263 g/mol. The highest BCUT2D eigenvalue weighted by atomic mass is 16.5. The second-order valence-electron chi connectivity index (χ2n) is 5.60. The summed E-state index contributed by atoms with van der Waals surface area (Å²) in [6, 6.07) is 4.35. The summed E-state index contributed by atoms with van der Waals surface area (Å²) in [6.07, 6.45) is 4.85. The van der Waals surface area contributed by atoms with Crippen LogP contribution >= 0.6 is 0 Å². The van der Waals surface area contributed by atoms with Crippen molar-refractivity contribution in [3.05, 3.63) is 23.3 Å². The first kappa shape index (κ1) is 14.2. The molecule has 1 aromatic rings. The predicted molar refractivity (Wildman–Crippen MR) is 78.9 cm³/mol. The van der Waals surface area contributed by atoms with Crippen molar-refractivity contribution in [3.63, 3.8) is 0 Å². The zero-order valence-electron chi connectivity index (χ0n) is 12.2. The van der Waals surface area contributed by atoms with Crippen molar-refractivity contribution in [1.82, 2.24) is 0 Å². The Morgan fingerprint density at radius 2 is 2.11 bits per heavy atom. The maximum Gasteiger partial charge on any atom is 0.118 e. The van der Waals surface area contributed by atoms with E-state index in [0.29, 0.717) is 17.9 Å². The number of nitrogens with one attached hydrogen (secondary N) is 1. The van der Waals surface area contributed by atoms with Gasteiger partial charge in [-0.15, -0.1) is 0 Å². The van der Waals surface area contributed by atoms with E-state index < -0.39 is 0 Å². The number of hydrogen-bond acceptors (Lipinski definition) is 3. The van der Waals surface area contributed by atoms with Gasteiger partial charge in [0.25, 0.3) is 0 Å². The Bertz CT molecular complexity index is 429. The molecular formula is C16H25NO2. The van der Waals surface area contributed by atoms with E-state index in [2.05, 4.69) is 12.2 Å². The number of ether oxygens (including phenoxy) is 1. The van der Waals surface area contributed by atoms with Crippen LogP contribution in [0.25, 0.3) is 0 Å². The van der Waals surface area contributed by atoms with Crippen molar-refractivity contribution in [1.29, 1.82) is 0 Å². The van der Waals surface area contributed by atoms with Gasteiger partial charge in [-0.25, -0.2) is 0 Å². The summed E-state index contributed by atoms with van der Waals surface area (Å²) in [6.45, 7) is 7.01. The minimum atomic E-state index is 0.374. The third-order valence-corrected chi connectivity index (χ3v) is 3.88. The Morgan fingerprint density at radius 1 is 1.32 bits per heavy atom. The molecule has 0 spiro atoms. The molecule has 3 nitrogen and oxygen atoms in total. The molecule has 2 N–H and O–H groups in total. The van der Waals surface area contributed by atoms with Crippen LogP contribution in [0.2, 0.25) is 0 Å². The second-order valence-corrected chi connectivity index (χ2v) is 5.60. The van der Waals surface area contributed by atoms with Crippen LogP contribution in [0, 0.1) is 13.8 Å². The summed E-state index contributed by atoms with van der Waals surface area (Å²) >= 11 is 0. The van der Waals surface area contributed by atoms with Crippen LogP contribution in [0.5, 0.6) is 5.75 Å². The molecule has 1 aliphatic heterocycles. The summed E-state index contributed by atoms with van der Waals surface area (Å²) in [5, 5.41) is 13.3. The van der Waals surface area contributed by atoms with Gasteiger partial charge in [-0.05, 0) is 56.4 Å². The molecule has 2 rings (SSSR count). The molecule has 1 saturated heterocycles. The van der Waals surface area contributed by atoms with Crippen LogP contribution in [-0.4, -0.2) is 23.9 Å². The quantitative estimate of drug-likeness (QED) is 0.813. The fraction of sp³-hybridized carbons (Fsp3) is 0.625. The van der Waals surface area contributed by atoms with Crippen molar-refractivity contribution in [2.75, 3.05) is 11.9 Å². The van der Waals surface area contributed by atoms with Crippen LogP contribution in [0.3, 0.4) is 0 Å². The molecule has 0 amide bonds. The number of anilines is 1. The zero-order chi connectivity index (χ0) is 13.8. The normalized spacial score (nSPS) is 23.3. The highest BCUT2D eigenvalue weighted by Crippen LogP contribution is 2.28. The maximum absolute atomic E-state index is 9.69. The minimum Gasteiger partial charge on any atom is -0.508 e. The average Bonchev–Trinajstić information content (AvgIpc) is 2.37. The van der Waals surface area contributed by atoms with Crippen LogP contribution in [0.15, 0.2) is 12.1 Å². The summed E-state index contributed by atoms with van der Waals surface area (Å²) in [4.78, 5) is 0. The predicted octanol–water partition coefficient (Wildman–Crippen LogP) is 3.77. The van der Waals surface area contributed by atoms with E-state index >= 15 is 0 Å². The molecule has 0 aliphatic carbocycles. The third-order valence-electron chi connectivity index (χ3n) is 3.88. The molecule has 3 heteroatoms. The summed E-state index contributed by atoms with van der Waals surface area (Å²) < 4.78 is 5.78. The van der Waals surface area contributed by atoms with Gasteiger partial charge >= 0.3 is 0 Å². The Kier molecular flexibility index (Phi) is 4.70. The second kappa shape index (κ2) is 6.29. The van der Waals surface area contributed by atoms with Gasteiger partial charge in [-0.3, -0.25) is 0 Å². The van der Waals surface area contributed by atoms with Gasteiger partial charge in [0, 0.05) is 18.3 Å². The van der Waals surface area contributed by atoms with Crippen molar-refractivity contribution >= 4 is 5.69 Å². The van der Waals surface area contributed by atoms with Gasteiger partial charge in [0.05, 0.1) is 6.10 Å². The Hall–Kier alpha value is -1.22. The van der Waals surface area contributed by atoms with Gasteiger partial charge in [0.15, 0.2) is 0 Å². The molecule has 1 aliphatic rings. The van der Waals surface area contributed by atoms with Crippen molar-refractivity contribution < 1.29 is 9.84 Å². The first-order valence-electron chi connectivity index (χ1n) is 7.28. The van der Waals surface area contributed by atoms with Gasteiger partial charge in [-0.1, -0.05) is 13.3 Å². The van der Waals surface area contributed by atoms with E-state index in [9.17, 15) is 5.11 Å². The lowest BCUT2D eigenvalue weighted by Gasteiger charge is -2.31. The average molecular weight is 263 g/mol. The standard InChI is InChI=1S/C16H25NO2/c1-4-5-14-10-13(6-7-19-14)17-15-8-12(3)16(18)9-11(15)2/h8-9,13-14,17-18H,4-7,10H2,1-3H3. The van der Waals surface area contributed by atoms with Crippen LogP contribution < -0.4 is 5.32 Å². The Morgan fingerprint density at radius 3 is 2.84 bits per heavy atom. The Labute approximate surface area is 116 Å². The largest absolute Gasteiger partial charge is 0.508 e. The fourth-order valence-corrected chi connectivity index (χ4v) is 2.71. The molecule has 0 radical (unpaired) electrons. The molecule has 1 fully saturated rings. The number of aryl methyl sites for hydroxylation is 2. The zero-order valence-corrected chi connectivity index (χ0v) is 12.2. The van der Waals surface area contributed by atoms with E-state index in [1.807, 2.05) is 26.0 Å². The molecule has 106 valence electrons. The lowest BCUT2D eigenvalue weighted by Crippen LogP contribution is -2.34. The number of aromatic hydroxyl groups is 1. The number of rotatable bonds is 4. The SMILES string of the molecule is CCCC1CC(Nc2cc(C)c(O)cc2C)CCO1. The van der Waals surface area contributed by atoms with E-state index in [-0.39, 0.29) is 0 Å². The van der Waals surface area contributed by atoms with Gasteiger partial charge in [-0.2, -0.15) is 0 Å². The molecule has 1 heterocycles. The van der Waals surface area contributed by atoms with Gasteiger partial charge < -0.3 is 15.2 Å². The van der Waals surface area contributed by atoms with Gasteiger partial charge in [0.1, 0.15) is 5.75 Å². The number of benzene rings is 1. The van der Waals surface area contributed by atoms with E-state index in [1.165, 1.54) is 6.42 Å². The van der Waals surface area contributed by atoms with Crippen LogP contribution in [0.1, 0.15) is 43.7 Å². The lowest BCUT2D eigenvalue weighted by molar-refractivity contribution is 0.00597. The molecular weight excluding hydrogens is 238 g/mol. The number of phenolic OH excluding ortho intramolecular Hbond substituents is 1. The Balaban J connectivity index is 2.02. The van der Waals surface area contributed by atoms with Crippen molar-refractivity contribution in [2.45, 2.75) is 58.6 Å². The summed E-state index contributed by atoms with van der Waals surface area (Å²) in [5.41, 5.74) is 3.16. The topological polar surface area (TPSA) is 41.5 Å². The number of hydrogen-bond donors (Lipinski definition) is 2. The smallest absolute Gasteiger partial charge is 0.118 e. The first-order valence-corrected chi connectivity index (χ1v) is 7.28. The van der Waals surface area contributed by atoms with Gasteiger partial charge in [0.2, 0.25) is 0 Å². The van der Waals surface area contributed by atoms with Crippen LogP contribution in [0.4, 0.5) is 5.69 Å². The molecule has 0 saturated carbocycles. The highest BCUT2D eigenvalue weighted by molar-refractivity contribution is 5.57. The summed E-state index contributed by atoms with van der Waals surface area (Å²) in [5.74, 6) is 0.374. The summed E-state index contributed by atoms with van der Waals surface area (Å²) in [7, 11) is 0. The highest BCUT2D eigenvalue weighted by Gasteiger charge is 2.22. The van der Waals surface area contributed by atoms with E-state index in [0.717, 1.165) is 42.7 Å². The lowest BCUT2D eigenvalue weighted by atomic mass is 9.99. The minimum absolute atomic E-state index is 0.374. The maximum atomic E-state index is 9.69. The fourth-order valence-electron chi connectivity index (χ4n) is 2.71. The van der Waals surface area contributed by atoms with Crippen LogP contribution in [-0.2, 0) is 4.74 Å². The van der Waals surface area contributed by atoms with Crippen molar-refractivity contribution in [2.24, 2.45) is 0 Å². The molecule has 1 aromatic carbocycles. The van der Waals surface area contributed by atoms with Crippen molar-refractivity contribution in [3.8, 4) is 5.75 Å². The first-order chi connectivity index (χ1) is 9.10. The number of phenols is 1. The molecule has 2 atom stereocenters.